The second-order valence-corrected chi connectivity index (χ2v) is 2.13. The van der Waals surface area contributed by atoms with Crippen molar-refractivity contribution in [3.05, 3.63) is 0 Å². The Morgan fingerprint density at radius 2 is 2.00 bits per heavy atom. The van der Waals surface area contributed by atoms with Gasteiger partial charge >= 0.3 is 15.5 Å². The van der Waals surface area contributed by atoms with Crippen LogP contribution < -0.4 is 0 Å². The van der Waals surface area contributed by atoms with Crippen molar-refractivity contribution >= 4 is 15.5 Å². The lowest BCUT2D eigenvalue weighted by atomic mass is 10.4. The largest absolute Gasteiger partial charge is 0.505 e. The fourth-order valence-corrected chi connectivity index (χ4v) is 0.350. The fraction of sp³-hybridized carbons (Fsp3) is 0. The summed E-state index contributed by atoms with van der Waals surface area (Å²) >= 11 is 0. The van der Waals surface area contributed by atoms with E-state index in [1.54, 1.807) is 0 Å². The zero-order valence-corrected chi connectivity index (χ0v) is 3.59. The third kappa shape index (κ3) is 0.630. The molecule has 1 rings (SSSR count). The van der Waals surface area contributed by atoms with Crippen molar-refractivity contribution in [3.63, 3.8) is 0 Å². The Bertz CT molecular complexity index is 89.7. The first-order valence-corrected chi connectivity index (χ1v) is 2.71. The molecular formula is HBO4P. The van der Waals surface area contributed by atoms with Crippen molar-refractivity contribution in [2.24, 2.45) is 0 Å². The molecule has 1 aliphatic rings. The van der Waals surface area contributed by atoms with Crippen LogP contribution in [0.5, 0.6) is 0 Å². The van der Waals surface area contributed by atoms with Crippen LogP contribution in [-0.2, 0) is 13.4 Å². The van der Waals surface area contributed by atoms with E-state index in [-0.39, 0.29) is 0 Å². The first kappa shape index (κ1) is 4.34. The summed E-state index contributed by atoms with van der Waals surface area (Å²) in [7, 11) is -2.70. The third-order valence-electron chi connectivity index (χ3n) is 0.352. The van der Waals surface area contributed by atoms with E-state index >= 15 is 0 Å². The van der Waals surface area contributed by atoms with Gasteiger partial charge in [-0.15, -0.1) is 0 Å². The van der Waals surface area contributed by atoms with Gasteiger partial charge in [-0.3, -0.25) is 0 Å². The predicted molar refractivity (Wildman–Crippen MR) is 17.7 cm³/mol. The van der Waals surface area contributed by atoms with Crippen LogP contribution >= 0.6 is 7.82 Å². The normalized spacial score (nSPS) is 27.5. The molecule has 1 N–H and O–H groups in total. The van der Waals surface area contributed by atoms with Crippen LogP contribution in [0.1, 0.15) is 0 Å². The van der Waals surface area contributed by atoms with Crippen molar-refractivity contribution in [3.8, 4) is 0 Å². The second-order valence-electron chi connectivity index (χ2n) is 0.776. The molecule has 1 heterocycles. The fourth-order valence-electron chi connectivity index (χ4n) is 0.117. The Hall–Kier alpha value is 0.175. The lowest BCUT2D eigenvalue weighted by Gasteiger charge is -2.17. The van der Waals surface area contributed by atoms with E-state index in [0.717, 1.165) is 7.69 Å². The summed E-state index contributed by atoms with van der Waals surface area (Å²) in [5.41, 5.74) is 0. The van der Waals surface area contributed by atoms with E-state index in [4.69, 9.17) is 4.89 Å². The standard InChI is InChI=1S/BHO4P/c2-6(3)4-1-5-6/h(H,2,3). The molecule has 1 radical (unpaired) electrons. The molecule has 0 aliphatic carbocycles. The second kappa shape index (κ2) is 1.07. The van der Waals surface area contributed by atoms with Crippen molar-refractivity contribution in [2.75, 3.05) is 0 Å². The van der Waals surface area contributed by atoms with E-state index in [1.165, 1.54) is 0 Å². The average Bonchev–Trinajstić information content (AvgIpc) is 1.32. The maximum absolute atomic E-state index is 9.75. The summed E-state index contributed by atoms with van der Waals surface area (Å²) in [4.78, 5) is 7.99. The van der Waals surface area contributed by atoms with Crippen LogP contribution in [0.2, 0.25) is 0 Å². The lowest BCUT2D eigenvalue weighted by Crippen LogP contribution is -2.12. The number of hydrogen-bond acceptors (Lipinski definition) is 3. The Balaban J connectivity index is 2.53. The summed E-state index contributed by atoms with van der Waals surface area (Å²) in [6.45, 7) is 0. The molecule has 1 fully saturated rings. The zero-order valence-electron chi connectivity index (χ0n) is 2.70. The van der Waals surface area contributed by atoms with Gasteiger partial charge in [0.25, 0.3) is 0 Å². The minimum Gasteiger partial charge on any atom is -0.320 e. The Morgan fingerprint density at radius 1 is 1.67 bits per heavy atom. The van der Waals surface area contributed by atoms with Gasteiger partial charge in [0.1, 0.15) is 0 Å². The molecular weight excluding hydrogens is 106 g/mol. The Morgan fingerprint density at radius 3 is 2.00 bits per heavy atom. The number of phosphoric acid groups is 1. The molecule has 1 saturated heterocycles. The molecule has 33 valence electrons. The molecule has 0 aromatic rings. The maximum Gasteiger partial charge on any atom is 0.505 e. The van der Waals surface area contributed by atoms with E-state index < -0.39 is 7.82 Å². The summed E-state index contributed by atoms with van der Waals surface area (Å²) in [6, 6.07) is 0. The highest BCUT2D eigenvalue weighted by atomic mass is 31.2. The van der Waals surface area contributed by atoms with Gasteiger partial charge < -0.3 is 13.8 Å². The quantitative estimate of drug-likeness (QED) is 0.340. The highest BCUT2D eigenvalue weighted by molar-refractivity contribution is 7.52. The van der Waals surface area contributed by atoms with E-state index in [0.29, 0.717) is 0 Å². The lowest BCUT2D eigenvalue weighted by molar-refractivity contribution is 0.222. The zero-order chi connectivity index (χ0) is 4.62. The first-order chi connectivity index (χ1) is 2.71. The van der Waals surface area contributed by atoms with Gasteiger partial charge in [0.2, 0.25) is 0 Å². The molecule has 4 nitrogen and oxygen atoms in total. The molecule has 0 spiro atoms. The van der Waals surface area contributed by atoms with Crippen LogP contribution in [0.3, 0.4) is 0 Å². The summed E-state index contributed by atoms with van der Waals surface area (Å²) < 4.78 is 17.5. The van der Waals surface area contributed by atoms with Crippen molar-refractivity contribution in [1.29, 1.82) is 0 Å². The average molecular weight is 107 g/mol. The molecule has 0 bridgehead atoms. The molecule has 0 atom stereocenters. The molecule has 0 unspecified atom stereocenters. The van der Waals surface area contributed by atoms with Gasteiger partial charge in [-0.1, -0.05) is 0 Å². The van der Waals surface area contributed by atoms with Gasteiger partial charge in [0.15, 0.2) is 0 Å². The van der Waals surface area contributed by atoms with Gasteiger partial charge in [0.05, 0.1) is 0 Å². The van der Waals surface area contributed by atoms with Gasteiger partial charge in [-0.05, 0) is 0 Å². The van der Waals surface area contributed by atoms with Gasteiger partial charge in [-0.25, -0.2) is 4.57 Å². The number of rotatable bonds is 0. The van der Waals surface area contributed by atoms with Crippen LogP contribution in [0.15, 0.2) is 0 Å². The van der Waals surface area contributed by atoms with Crippen molar-refractivity contribution in [2.45, 2.75) is 0 Å². The van der Waals surface area contributed by atoms with Crippen LogP contribution in [-0.4, -0.2) is 12.6 Å². The molecule has 0 aromatic heterocycles. The number of hydrogen-bond donors (Lipinski definition) is 1. The highest BCUT2D eigenvalue weighted by Crippen LogP contribution is 2.49. The van der Waals surface area contributed by atoms with Gasteiger partial charge in [0, 0.05) is 0 Å². The first-order valence-electron chi connectivity index (χ1n) is 1.22. The van der Waals surface area contributed by atoms with E-state index in [2.05, 4.69) is 8.88 Å². The van der Waals surface area contributed by atoms with Crippen molar-refractivity contribution in [1.82, 2.24) is 0 Å². The van der Waals surface area contributed by atoms with Crippen molar-refractivity contribution < 1.29 is 18.3 Å². The highest BCUT2D eigenvalue weighted by Gasteiger charge is 2.32. The summed E-state index contributed by atoms with van der Waals surface area (Å²) in [6.07, 6.45) is 0. The minimum atomic E-state index is -3.52. The summed E-state index contributed by atoms with van der Waals surface area (Å²) in [5.74, 6) is 0. The Kier molecular flexibility index (Phi) is 0.775. The van der Waals surface area contributed by atoms with E-state index in [9.17, 15) is 4.57 Å². The smallest absolute Gasteiger partial charge is 0.320 e. The molecule has 0 saturated carbocycles. The molecule has 6 heavy (non-hydrogen) atoms. The van der Waals surface area contributed by atoms with Crippen LogP contribution in [0.25, 0.3) is 0 Å². The topological polar surface area (TPSA) is 55.8 Å². The minimum absolute atomic E-state index is 0.820. The molecule has 0 amide bonds. The maximum atomic E-state index is 9.75. The SMILES string of the molecule is O=P1(O)O[B]O1. The molecule has 0 aromatic carbocycles. The molecule has 1 aliphatic heterocycles. The van der Waals surface area contributed by atoms with E-state index in [1.807, 2.05) is 0 Å². The summed E-state index contributed by atoms with van der Waals surface area (Å²) in [5, 5.41) is 0. The predicted octanol–water partition coefficient (Wildman–Crippen LogP) is -0.332. The third-order valence-corrected chi connectivity index (χ3v) is 1.06. The van der Waals surface area contributed by atoms with Crippen LogP contribution in [0.4, 0.5) is 0 Å². The van der Waals surface area contributed by atoms with Gasteiger partial charge in [-0.2, -0.15) is 0 Å². The molecule has 6 heteroatoms. The monoisotopic (exact) mass is 107 g/mol. The Labute approximate surface area is 35.0 Å². The van der Waals surface area contributed by atoms with Crippen LogP contribution in [0, 0.1) is 0 Å².